The lowest BCUT2D eigenvalue weighted by molar-refractivity contribution is -0.196. The highest BCUT2D eigenvalue weighted by atomic mass is 19.4. The normalized spacial score (nSPS) is 19.3. The van der Waals surface area contributed by atoms with Crippen LogP contribution in [0.3, 0.4) is 0 Å². The topological polar surface area (TPSA) is 84.6 Å². The maximum Gasteiger partial charge on any atom is 0.433 e. The number of alkyl halides is 5. The van der Waals surface area contributed by atoms with E-state index >= 15 is 0 Å². The molecule has 34 heavy (non-hydrogen) atoms. The van der Waals surface area contributed by atoms with E-state index in [1.807, 2.05) is 0 Å². The number of pyridine rings is 1. The molecule has 11 heteroatoms. The molecule has 3 aromatic rings. The third kappa shape index (κ3) is 4.84. The molecule has 4 rings (SSSR count). The average Bonchev–Trinajstić information content (AvgIpc) is 3.09. The number of benzene rings is 1. The van der Waals surface area contributed by atoms with Crippen LogP contribution >= 0.6 is 0 Å². The summed E-state index contributed by atoms with van der Waals surface area (Å²) in [6.07, 6.45) is -6.80. The molecule has 0 atom stereocenters. The van der Waals surface area contributed by atoms with Crippen molar-refractivity contribution in [2.75, 3.05) is 0 Å². The van der Waals surface area contributed by atoms with E-state index in [2.05, 4.69) is 15.0 Å². The molecule has 1 fully saturated rings. The summed E-state index contributed by atoms with van der Waals surface area (Å²) in [7, 11) is 0. The third-order valence-corrected chi connectivity index (χ3v) is 5.73. The Balaban J connectivity index is 1.62. The van der Waals surface area contributed by atoms with Crippen LogP contribution in [0.4, 0.5) is 22.0 Å². The molecule has 1 saturated carbocycles. The van der Waals surface area contributed by atoms with Gasteiger partial charge in [0.25, 0.3) is 5.91 Å². The quantitative estimate of drug-likeness (QED) is 0.479. The van der Waals surface area contributed by atoms with E-state index in [-0.39, 0.29) is 28.3 Å². The number of rotatable bonds is 5. The number of amides is 1. The first kappa shape index (κ1) is 23.9. The van der Waals surface area contributed by atoms with E-state index in [1.54, 1.807) is 6.92 Å². The molecule has 0 spiro atoms. The van der Waals surface area contributed by atoms with Crippen LogP contribution in [0.25, 0.3) is 11.0 Å². The van der Waals surface area contributed by atoms with Crippen LogP contribution in [0.5, 0.6) is 5.75 Å². The summed E-state index contributed by atoms with van der Waals surface area (Å²) in [6, 6.07) is 4.94. The maximum absolute atomic E-state index is 14.8. The average molecular weight is 484 g/mol. The fraction of sp³-hybridized carbons (Fsp3) is 0.391. The zero-order chi connectivity index (χ0) is 24.7. The Hall–Kier alpha value is -3.21. The molecule has 1 aliphatic carbocycles. The number of nitrogens with one attached hydrogen (secondary N) is 1. The third-order valence-electron chi connectivity index (χ3n) is 5.73. The van der Waals surface area contributed by atoms with Gasteiger partial charge in [0, 0.05) is 17.6 Å². The summed E-state index contributed by atoms with van der Waals surface area (Å²) in [5.74, 6) is -0.683. The number of aromatic nitrogens is 1. The number of carbonyl (C=O) groups excluding carboxylic acids is 1. The van der Waals surface area contributed by atoms with E-state index in [4.69, 9.17) is 4.42 Å². The second-order valence-corrected chi connectivity index (χ2v) is 8.19. The molecule has 2 N–H and O–H groups in total. The SMILES string of the molecule is Cc1oc2ccc(OC(F)(F)c3cccnc3C(F)(F)F)cc2c1C(=O)NC1CCC(O)CC1. The zero-order valence-electron chi connectivity index (χ0n) is 18.0. The molecule has 182 valence electrons. The maximum atomic E-state index is 14.8. The van der Waals surface area contributed by atoms with Crippen molar-refractivity contribution in [1.29, 1.82) is 0 Å². The Kier molecular flexibility index (Phi) is 6.24. The monoisotopic (exact) mass is 484 g/mol. The molecule has 1 aromatic carbocycles. The Morgan fingerprint density at radius 2 is 1.85 bits per heavy atom. The predicted molar refractivity (Wildman–Crippen MR) is 110 cm³/mol. The molecule has 0 saturated heterocycles. The minimum absolute atomic E-state index is 0.118. The van der Waals surface area contributed by atoms with Crippen LogP contribution in [0, 0.1) is 6.92 Å². The van der Waals surface area contributed by atoms with Crippen molar-refractivity contribution < 1.29 is 41.0 Å². The van der Waals surface area contributed by atoms with Gasteiger partial charge in [0.2, 0.25) is 0 Å². The van der Waals surface area contributed by atoms with Gasteiger partial charge in [0.1, 0.15) is 17.1 Å². The predicted octanol–water partition coefficient (Wildman–Crippen LogP) is 5.32. The second kappa shape index (κ2) is 8.86. The Morgan fingerprint density at radius 3 is 2.53 bits per heavy atom. The van der Waals surface area contributed by atoms with Crippen molar-refractivity contribution in [1.82, 2.24) is 10.3 Å². The first-order valence-electron chi connectivity index (χ1n) is 10.6. The second-order valence-electron chi connectivity index (χ2n) is 8.19. The summed E-state index contributed by atoms with van der Waals surface area (Å²) in [5.41, 5.74) is -2.83. The molecule has 0 radical (unpaired) electrons. The summed E-state index contributed by atoms with van der Waals surface area (Å²) in [5, 5.41) is 12.7. The molecule has 2 aromatic heterocycles. The van der Waals surface area contributed by atoms with Gasteiger partial charge in [-0.3, -0.25) is 9.78 Å². The fourth-order valence-corrected chi connectivity index (χ4v) is 4.09. The van der Waals surface area contributed by atoms with E-state index in [0.29, 0.717) is 31.7 Å². The van der Waals surface area contributed by atoms with Gasteiger partial charge in [-0.15, -0.1) is 0 Å². The lowest BCUT2D eigenvalue weighted by Gasteiger charge is -2.26. The molecule has 0 unspecified atom stereocenters. The molecular weight excluding hydrogens is 463 g/mol. The minimum atomic E-state index is -5.10. The van der Waals surface area contributed by atoms with Crippen molar-refractivity contribution in [2.45, 2.75) is 57.0 Å². The number of furan rings is 1. The van der Waals surface area contributed by atoms with Crippen LogP contribution in [-0.2, 0) is 12.3 Å². The number of carbonyl (C=O) groups is 1. The highest BCUT2D eigenvalue weighted by Crippen LogP contribution is 2.40. The van der Waals surface area contributed by atoms with Gasteiger partial charge in [0.15, 0.2) is 5.69 Å². The number of aliphatic hydroxyl groups is 1. The zero-order valence-corrected chi connectivity index (χ0v) is 18.0. The Morgan fingerprint density at radius 1 is 1.15 bits per heavy atom. The van der Waals surface area contributed by atoms with Gasteiger partial charge in [-0.05, 0) is 62.9 Å². The number of nitrogens with zero attached hydrogens (tertiary/aromatic N) is 1. The lowest BCUT2D eigenvalue weighted by atomic mass is 9.93. The van der Waals surface area contributed by atoms with Crippen LogP contribution in [0.15, 0.2) is 40.9 Å². The summed E-state index contributed by atoms with van der Waals surface area (Å²) in [6.45, 7) is 1.54. The first-order chi connectivity index (χ1) is 16.0. The number of ether oxygens (including phenoxy) is 1. The smallest absolute Gasteiger partial charge is 0.433 e. The van der Waals surface area contributed by atoms with E-state index < -0.39 is 41.3 Å². The Labute approximate surface area is 190 Å². The van der Waals surface area contributed by atoms with Crippen LogP contribution < -0.4 is 10.1 Å². The lowest BCUT2D eigenvalue weighted by Crippen LogP contribution is -2.38. The van der Waals surface area contributed by atoms with Gasteiger partial charge in [-0.1, -0.05) is 0 Å². The van der Waals surface area contributed by atoms with Crippen molar-refractivity contribution >= 4 is 16.9 Å². The number of hydrogen-bond acceptors (Lipinski definition) is 5. The van der Waals surface area contributed by atoms with Crippen LogP contribution in [0.2, 0.25) is 0 Å². The van der Waals surface area contributed by atoms with E-state index in [1.165, 1.54) is 6.07 Å². The van der Waals surface area contributed by atoms with Crippen LogP contribution in [-0.4, -0.2) is 28.1 Å². The van der Waals surface area contributed by atoms with Crippen LogP contribution in [0.1, 0.15) is 53.1 Å². The molecule has 2 heterocycles. The summed E-state index contributed by atoms with van der Waals surface area (Å²) < 4.78 is 79.2. The first-order valence-corrected chi connectivity index (χ1v) is 10.6. The van der Waals surface area contributed by atoms with Gasteiger partial charge in [0.05, 0.1) is 17.2 Å². The number of aliphatic hydroxyl groups excluding tert-OH is 1. The molecule has 6 nitrogen and oxygen atoms in total. The van der Waals surface area contributed by atoms with Crippen molar-refractivity contribution in [3.8, 4) is 5.75 Å². The van der Waals surface area contributed by atoms with Crippen molar-refractivity contribution in [2.24, 2.45) is 0 Å². The fourth-order valence-electron chi connectivity index (χ4n) is 4.09. The number of fused-ring (bicyclic) bond motifs is 1. The highest BCUT2D eigenvalue weighted by molar-refractivity contribution is 6.07. The van der Waals surface area contributed by atoms with Gasteiger partial charge in [-0.25, -0.2) is 0 Å². The number of aryl methyl sites for hydroxylation is 1. The Bertz CT molecular complexity index is 1200. The van der Waals surface area contributed by atoms with Gasteiger partial charge < -0.3 is 19.6 Å². The van der Waals surface area contributed by atoms with Crippen molar-refractivity contribution in [3.63, 3.8) is 0 Å². The molecule has 0 aliphatic heterocycles. The summed E-state index contributed by atoms with van der Waals surface area (Å²) >= 11 is 0. The minimum Gasteiger partial charge on any atom is -0.461 e. The molecular formula is C23H21F5N2O4. The van der Waals surface area contributed by atoms with Gasteiger partial charge >= 0.3 is 12.3 Å². The highest BCUT2D eigenvalue weighted by Gasteiger charge is 2.46. The standard InChI is InChI=1S/C23H21F5N2O4/c1-12-19(21(32)30-13-4-6-14(31)7-5-13)16-11-15(8-9-18(16)33-12)34-23(27,28)17-3-2-10-29-20(17)22(24,25)26/h2-3,8-11,13-14,31H,4-7H2,1H3,(H,30,32). The number of halogens is 5. The van der Waals surface area contributed by atoms with E-state index in [9.17, 15) is 31.9 Å². The van der Waals surface area contributed by atoms with Crippen molar-refractivity contribution in [3.05, 3.63) is 59.1 Å². The van der Waals surface area contributed by atoms with Gasteiger partial charge in [-0.2, -0.15) is 22.0 Å². The molecule has 1 aliphatic rings. The molecule has 1 amide bonds. The number of hydrogen-bond donors (Lipinski definition) is 2. The van der Waals surface area contributed by atoms with E-state index in [0.717, 1.165) is 24.4 Å². The largest absolute Gasteiger partial charge is 0.461 e. The molecule has 0 bridgehead atoms. The summed E-state index contributed by atoms with van der Waals surface area (Å²) in [4.78, 5) is 15.9.